The summed E-state index contributed by atoms with van der Waals surface area (Å²) >= 11 is 1.90. The van der Waals surface area contributed by atoms with Crippen molar-refractivity contribution in [2.24, 2.45) is 0 Å². The SMILES string of the molecule is c1ccc(-c2cccc(-c3nc(-c4ccccc4)nc(-c4ccc(-n5c6ccccc6c6ccc7c8ccc9c%10ccccc%10n(-c%10ccccc%10-c%10ccccc%10)c9c8sc7c65)cc4)n3)c2)cc1. The van der Waals surface area contributed by atoms with E-state index in [1.54, 1.807) is 0 Å². The van der Waals surface area contributed by atoms with Crippen LogP contribution in [0.1, 0.15) is 0 Å². The van der Waals surface area contributed by atoms with Gasteiger partial charge in [-0.1, -0.05) is 188 Å². The van der Waals surface area contributed by atoms with E-state index >= 15 is 0 Å². The molecule has 4 heterocycles. The lowest BCUT2D eigenvalue weighted by Gasteiger charge is -2.14. The highest BCUT2D eigenvalue weighted by Crippen LogP contribution is 2.48. The van der Waals surface area contributed by atoms with Gasteiger partial charge >= 0.3 is 0 Å². The Morgan fingerprint density at radius 1 is 0.290 bits per heavy atom. The van der Waals surface area contributed by atoms with E-state index in [0.29, 0.717) is 17.5 Å². The van der Waals surface area contributed by atoms with E-state index in [2.05, 4.69) is 221 Å². The van der Waals surface area contributed by atoms with Crippen LogP contribution in [0.4, 0.5) is 0 Å². The fourth-order valence-corrected chi connectivity index (χ4v) is 11.8. The Kier molecular flexibility index (Phi) is 9.00. The van der Waals surface area contributed by atoms with E-state index in [1.165, 1.54) is 75.1 Å². The van der Waals surface area contributed by atoms with Crippen molar-refractivity contribution in [1.82, 2.24) is 24.1 Å². The fraction of sp³-hybridized carbons (Fsp3) is 0. The molecule has 0 amide bonds. The summed E-state index contributed by atoms with van der Waals surface area (Å²) < 4.78 is 7.49. The van der Waals surface area contributed by atoms with Gasteiger partial charge in [0.15, 0.2) is 17.5 Å². The zero-order valence-corrected chi connectivity index (χ0v) is 38.0. The topological polar surface area (TPSA) is 48.5 Å². The highest BCUT2D eigenvalue weighted by Gasteiger charge is 2.23. The number of hydrogen-bond acceptors (Lipinski definition) is 4. The first-order valence-corrected chi connectivity index (χ1v) is 24.1. The van der Waals surface area contributed by atoms with Crippen molar-refractivity contribution >= 4 is 75.1 Å². The molecule has 0 aliphatic carbocycles. The molecular formula is C63H39N5S. The van der Waals surface area contributed by atoms with Crippen LogP contribution >= 0.6 is 11.3 Å². The summed E-state index contributed by atoms with van der Waals surface area (Å²) in [6.07, 6.45) is 0. The van der Waals surface area contributed by atoms with Crippen LogP contribution in [0.3, 0.4) is 0 Å². The summed E-state index contributed by atoms with van der Waals surface area (Å²) in [6.45, 7) is 0. The van der Waals surface area contributed by atoms with Crippen LogP contribution in [-0.2, 0) is 0 Å². The Morgan fingerprint density at radius 2 is 0.739 bits per heavy atom. The molecular weight excluding hydrogens is 859 g/mol. The van der Waals surface area contributed by atoms with Gasteiger partial charge in [-0.05, 0) is 65.2 Å². The third-order valence-corrected chi connectivity index (χ3v) is 14.8. The van der Waals surface area contributed by atoms with Gasteiger partial charge in [-0.25, -0.2) is 15.0 Å². The summed E-state index contributed by atoms with van der Waals surface area (Å²) in [5, 5.41) is 7.45. The molecule has 0 atom stereocenters. The van der Waals surface area contributed by atoms with Crippen molar-refractivity contribution in [1.29, 1.82) is 0 Å². The number of rotatable bonds is 7. The Bertz CT molecular complexity index is 4280. The first kappa shape index (κ1) is 39.2. The molecule has 0 spiro atoms. The van der Waals surface area contributed by atoms with Gasteiger partial charge in [0.05, 0.1) is 37.2 Å². The largest absolute Gasteiger partial charge is 0.308 e. The quantitative estimate of drug-likeness (QED) is 0.160. The average Bonchev–Trinajstić information content (AvgIpc) is 4.10. The lowest BCUT2D eigenvalue weighted by atomic mass is 10.0. The first-order chi connectivity index (χ1) is 34.2. The second-order valence-corrected chi connectivity index (χ2v) is 18.6. The van der Waals surface area contributed by atoms with E-state index in [0.717, 1.165) is 39.0 Å². The summed E-state index contributed by atoms with van der Waals surface area (Å²) in [4.78, 5) is 15.3. The standard InChI is InChI=1S/C63H39N5S/c1-4-17-40(18-5-1)44-23-16-24-45(39-44)63-65-61(42-21-8-3-9-22-42)64-62(66-63)43-31-33-46(34-32-43)67-55-29-14-11-26-48(55)50-35-37-52-53-38-36-51-49-27-12-15-30-56(49)68(58(51)60(53)69-59(52)57(50)67)54-28-13-10-25-47(54)41-19-6-2-7-20-41/h1-39H. The summed E-state index contributed by atoms with van der Waals surface area (Å²) in [6, 6.07) is 84.3. The number of aromatic nitrogens is 5. The van der Waals surface area contributed by atoms with E-state index in [-0.39, 0.29) is 0 Å². The van der Waals surface area contributed by atoms with Crippen LogP contribution in [0.15, 0.2) is 237 Å². The number of para-hydroxylation sites is 3. The Balaban J connectivity index is 0.960. The van der Waals surface area contributed by atoms with Crippen molar-refractivity contribution in [2.75, 3.05) is 0 Å². The Labute approximate surface area is 401 Å². The van der Waals surface area contributed by atoms with Crippen molar-refractivity contribution in [3.05, 3.63) is 237 Å². The maximum absolute atomic E-state index is 5.15. The molecule has 0 radical (unpaired) electrons. The number of thiophene rings is 1. The van der Waals surface area contributed by atoms with Crippen LogP contribution in [-0.4, -0.2) is 24.1 Å². The predicted octanol–water partition coefficient (Wildman–Crippen LogP) is 16.8. The predicted molar refractivity (Wildman–Crippen MR) is 289 cm³/mol. The molecule has 0 saturated heterocycles. The third kappa shape index (κ3) is 6.34. The second kappa shape index (κ2) is 15.8. The minimum absolute atomic E-state index is 0.623. The first-order valence-electron chi connectivity index (χ1n) is 23.3. The van der Waals surface area contributed by atoms with Gasteiger partial charge in [0.25, 0.3) is 0 Å². The summed E-state index contributed by atoms with van der Waals surface area (Å²) in [7, 11) is 0. The molecule has 5 nitrogen and oxygen atoms in total. The number of hydrogen-bond donors (Lipinski definition) is 0. The van der Waals surface area contributed by atoms with E-state index < -0.39 is 0 Å². The van der Waals surface area contributed by atoms with Crippen LogP contribution in [0.5, 0.6) is 0 Å². The fourth-order valence-electron chi connectivity index (χ4n) is 10.4. The molecule has 0 N–H and O–H groups in total. The average molecular weight is 898 g/mol. The molecule has 4 aromatic heterocycles. The summed E-state index contributed by atoms with van der Waals surface area (Å²) in [5.41, 5.74) is 14.5. The molecule has 0 aliphatic rings. The van der Waals surface area contributed by atoms with Crippen molar-refractivity contribution in [3.8, 4) is 67.8 Å². The van der Waals surface area contributed by atoms with Crippen molar-refractivity contribution in [2.45, 2.75) is 0 Å². The lowest BCUT2D eigenvalue weighted by Crippen LogP contribution is -2.00. The lowest BCUT2D eigenvalue weighted by molar-refractivity contribution is 1.07. The van der Waals surface area contributed by atoms with Gasteiger partial charge in [0, 0.05) is 60.3 Å². The van der Waals surface area contributed by atoms with Gasteiger partial charge in [0.2, 0.25) is 0 Å². The van der Waals surface area contributed by atoms with Crippen molar-refractivity contribution in [3.63, 3.8) is 0 Å². The number of fused-ring (bicyclic) bond motifs is 11. The minimum Gasteiger partial charge on any atom is -0.308 e. The van der Waals surface area contributed by atoms with Gasteiger partial charge < -0.3 is 9.13 Å². The van der Waals surface area contributed by atoms with Gasteiger partial charge in [0.1, 0.15) is 0 Å². The third-order valence-electron chi connectivity index (χ3n) is 13.6. The highest BCUT2D eigenvalue weighted by atomic mass is 32.1. The molecule has 0 fully saturated rings. The number of benzene rings is 10. The highest BCUT2D eigenvalue weighted by molar-refractivity contribution is 7.27. The molecule has 0 unspecified atom stereocenters. The molecule has 69 heavy (non-hydrogen) atoms. The van der Waals surface area contributed by atoms with Gasteiger partial charge in [-0.15, -0.1) is 11.3 Å². The normalized spacial score (nSPS) is 11.8. The molecule has 10 aromatic carbocycles. The number of nitrogens with zero attached hydrogens (tertiary/aromatic N) is 5. The summed E-state index contributed by atoms with van der Waals surface area (Å²) in [5.74, 6) is 1.89. The van der Waals surface area contributed by atoms with Gasteiger partial charge in [-0.3, -0.25) is 0 Å². The monoisotopic (exact) mass is 897 g/mol. The van der Waals surface area contributed by atoms with Crippen LogP contribution in [0.25, 0.3) is 132 Å². The van der Waals surface area contributed by atoms with Crippen LogP contribution in [0, 0.1) is 0 Å². The molecule has 0 aliphatic heterocycles. The Hall–Kier alpha value is -8.97. The van der Waals surface area contributed by atoms with Crippen molar-refractivity contribution < 1.29 is 0 Å². The van der Waals surface area contributed by atoms with E-state index in [1.807, 2.05) is 35.6 Å². The molecule has 0 bridgehead atoms. The molecule has 14 aromatic rings. The van der Waals surface area contributed by atoms with E-state index in [4.69, 9.17) is 15.0 Å². The molecule has 6 heteroatoms. The maximum atomic E-state index is 5.15. The maximum Gasteiger partial charge on any atom is 0.164 e. The zero-order chi connectivity index (χ0) is 45.4. The van der Waals surface area contributed by atoms with E-state index in [9.17, 15) is 0 Å². The second-order valence-electron chi connectivity index (χ2n) is 17.5. The van der Waals surface area contributed by atoms with Crippen LogP contribution < -0.4 is 0 Å². The molecule has 0 saturated carbocycles. The van der Waals surface area contributed by atoms with Gasteiger partial charge in [-0.2, -0.15) is 0 Å². The van der Waals surface area contributed by atoms with Crippen LogP contribution in [0.2, 0.25) is 0 Å². The Morgan fingerprint density at radius 3 is 1.38 bits per heavy atom. The molecule has 322 valence electrons. The zero-order valence-electron chi connectivity index (χ0n) is 37.2. The smallest absolute Gasteiger partial charge is 0.164 e. The molecule has 14 rings (SSSR count). The minimum atomic E-state index is 0.623.